The standard InChI is InChI=1S/C28H32N6O3/c1-4-8-23-22(26(35)34-24(11-7-16-33(23)34)28(2,3)27(36)37)17-18-12-14-19(15-13-18)20-9-5-6-10-21(20)25-29-31-32-30-25/h5-6,9-10,12-15,24H,4,7-8,11,16-17H2,1-3H3,(H,36,37)(H,29,30,31,32). The molecule has 0 spiro atoms. The Hall–Kier alpha value is -4.01. The molecule has 1 atom stereocenters. The van der Waals surface area contributed by atoms with Crippen molar-refractivity contribution in [1.82, 2.24) is 30.0 Å². The van der Waals surface area contributed by atoms with Crippen LogP contribution in [-0.4, -0.2) is 41.1 Å². The average Bonchev–Trinajstić information content (AvgIpc) is 3.53. The number of rotatable bonds is 8. The molecule has 2 aromatic heterocycles. The Kier molecular flexibility index (Phi) is 6.54. The van der Waals surface area contributed by atoms with Crippen LogP contribution in [0.1, 0.15) is 62.9 Å². The normalized spacial score (nSPS) is 15.5. The quantitative estimate of drug-likeness (QED) is 0.368. The molecule has 1 aliphatic rings. The second-order valence-electron chi connectivity index (χ2n) is 10.3. The first kappa shape index (κ1) is 24.7. The summed E-state index contributed by atoms with van der Waals surface area (Å²) in [6.07, 6.45) is 3.75. The molecule has 1 unspecified atom stereocenters. The smallest absolute Gasteiger partial charge is 0.311 e. The van der Waals surface area contributed by atoms with Gasteiger partial charge in [0, 0.05) is 29.8 Å². The van der Waals surface area contributed by atoms with Gasteiger partial charge in [0.2, 0.25) is 0 Å². The minimum absolute atomic E-state index is 0.0604. The largest absolute Gasteiger partial charge is 0.481 e. The summed E-state index contributed by atoms with van der Waals surface area (Å²) in [5, 5.41) is 24.2. The summed E-state index contributed by atoms with van der Waals surface area (Å²) in [6.45, 7) is 6.29. The lowest BCUT2D eigenvalue weighted by atomic mass is 9.81. The molecule has 0 bridgehead atoms. The molecule has 0 fully saturated rings. The number of tetrazole rings is 1. The lowest BCUT2D eigenvalue weighted by Crippen LogP contribution is -2.43. The van der Waals surface area contributed by atoms with Crippen LogP contribution in [0.25, 0.3) is 22.5 Å². The molecule has 2 aromatic carbocycles. The van der Waals surface area contributed by atoms with Gasteiger partial charge in [-0.2, -0.15) is 0 Å². The molecule has 0 amide bonds. The molecular weight excluding hydrogens is 468 g/mol. The summed E-state index contributed by atoms with van der Waals surface area (Å²) in [7, 11) is 0. The van der Waals surface area contributed by atoms with Crippen molar-refractivity contribution in [2.24, 2.45) is 5.41 Å². The number of carbonyl (C=O) groups is 1. The number of H-pyrrole nitrogens is 1. The molecule has 37 heavy (non-hydrogen) atoms. The van der Waals surface area contributed by atoms with Crippen molar-refractivity contribution in [3.05, 3.63) is 75.7 Å². The predicted molar refractivity (Wildman–Crippen MR) is 140 cm³/mol. The maximum atomic E-state index is 13.8. The minimum atomic E-state index is -1.03. The summed E-state index contributed by atoms with van der Waals surface area (Å²) >= 11 is 0. The number of hydrogen-bond acceptors (Lipinski definition) is 5. The fraction of sp³-hybridized carbons (Fsp3) is 0.393. The van der Waals surface area contributed by atoms with Crippen molar-refractivity contribution in [3.8, 4) is 22.5 Å². The number of carboxylic acids is 1. The Balaban J connectivity index is 1.51. The number of aromatic nitrogens is 6. The Morgan fingerprint density at radius 2 is 1.86 bits per heavy atom. The van der Waals surface area contributed by atoms with E-state index in [9.17, 15) is 14.7 Å². The molecule has 0 saturated carbocycles. The zero-order valence-corrected chi connectivity index (χ0v) is 21.4. The third-order valence-electron chi connectivity index (χ3n) is 7.57. The molecule has 0 radical (unpaired) electrons. The highest BCUT2D eigenvalue weighted by atomic mass is 16.4. The highest BCUT2D eigenvalue weighted by Crippen LogP contribution is 2.38. The number of benzene rings is 2. The number of fused-ring (bicyclic) bond motifs is 1. The van der Waals surface area contributed by atoms with Crippen LogP contribution in [0.3, 0.4) is 0 Å². The molecular formula is C28H32N6O3. The lowest BCUT2D eigenvalue weighted by molar-refractivity contribution is -0.150. The van der Waals surface area contributed by atoms with Crippen molar-refractivity contribution >= 4 is 5.97 Å². The Bertz CT molecular complexity index is 1460. The minimum Gasteiger partial charge on any atom is -0.481 e. The first-order chi connectivity index (χ1) is 17.8. The van der Waals surface area contributed by atoms with E-state index < -0.39 is 11.4 Å². The number of nitrogens with zero attached hydrogens (tertiary/aromatic N) is 5. The summed E-state index contributed by atoms with van der Waals surface area (Å²) in [5.41, 5.74) is 4.70. The van der Waals surface area contributed by atoms with Crippen molar-refractivity contribution in [1.29, 1.82) is 0 Å². The zero-order chi connectivity index (χ0) is 26.2. The molecule has 3 heterocycles. The van der Waals surface area contributed by atoms with E-state index in [1.54, 1.807) is 18.5 Å². The monoisotopic (exact) mass is 500 g/mol. The van der Waals surface area contributed by atoms with Crippen LogP contribution in [0, 0.1) is 5.41 Å². The van der Waals surface area contributed by atoms with Crippen LogP contribution in [0.5, 0.6) is 0 Å². The van der Waals surface area contributed by atoms with Crippen molar-refractivity contribution in [2.75, 3.05) is 0 Å². The van der Waals surface area contributed by atoms with Gasteiger partial charge in [-0.1, -0.05) is 61.9 Å². The van der Waals surface area contributed by atoms with E-state index in [1.807, 2.05) is 24.3 Å². The fourth-order valence-corrected chi connectivity index (χ4v) is 5.49. The van der Waals surface area contributed by atoms with Crippen LogP contribution in [-0.2, 0) is 24.2 Å². The Labute approximate surface area is 215 Å². The van der Waals surface area contributed by atoms with Crippen molar-refractivity contribution < 1.29 is 9.90 Å². The van der Waals surface area contributed by atoms with Gasteiger partial charge in [-0.15, -0.1) is 5.10 Å². The summed E-state index contributed by atoms with van der Waals surface area (Å²) in [6, 6.07) is 15.8. The first-order valence-corrected chi connectivity index (χ1v) is 12.8. The highest BCUT2D eigenvalue weighted by Gasteiger charge is 2.42. The average molecular weight is 501 g/mol. The van der Waals surface area contributed by atoms with Crippen LogP contribution in [0.15, 0.2) is 53.3 Å². The molecule has 192 valence electrons. The topological polar surface area (TPSA) is 119 Å². The van der Waals surface area contributed by atoms with Crippen molar-refractivity contribution in [2.45, 2.75) is 65.5 Å². The van der Waals surface area contributed by atoms with Gasteiger partial charge in [0.25, 0.3) is 5.56 Å². The fourth-order valence-electron chi connectivity index (χ4n) is 5.49. The maximum Gasteiger partial charge on any atom is 0.311 e. The lowest BCUT2D eigenvalue weighted by Gasteiger charge is -2.36. The molecule has 2 N–H and O–H groups in total. The summed E-state index contributed by atoms with van der Waals surface area (Å²) in [5.74, 6) is -0.273. The van der Waals surface area contributed by atoms with Crippen molar-refractivity contribution in [3.63, 3.8) is 0 Å². The third kappa shape index (κ3) is 4.39. The first-order valence-electron chi connectivity index (χ1n) is 12.8. The molecule has 4 aromatic rings. The van der Waals surface area contributed by atoms with Gasteiger partial charge in [-0.3, -0.25) is 14.3 Å². The van der Waals surface area contributed by atoms with Gasteiger partial charge < -0.3 is 5.11 Å². The van der Waals surface area contributed by atoms with Crippen LogP contribution in [0.4, 0.5) is 0 Å². The highest BCUT2D eigenvalue weighted by molar-refractivity contribution is 5.80. The van der Waals surface area contributed by atoms with Gasteiger partial charge >= 0.3 is 5.97 Å². The van der Waals surface area contributed by atoms with E-state index in [1.165, 1.54) is 0 Å². The Morgan fingerprint density at radius 3 is 2.51 bits per heavy atom. The number of aliphatic carboxylic acids is 1. The van der Waals surface area contributed by atoms with Gasteiger partial charge in [0.1, 0.15) is 0 Å². The van der Waals surface area contributed by atoms with E-state index in [4.69, 9.17) is 0 Å². The number of aromatic amines is 1. The predicted octanol–water partition coefficient (Wildman–Crippen LogP) is 4.49. The second-order valence-corrected chi connectivity index (χ2v) is 10.3. The molecule has 0 aliphatic carbocycles. The van der Waals surface area contributed by atoms with Gasteiger partial charge in [0.05, 0.1) is 11.5 Å². The molecule has 9 nitrogen and oxygen atoms in total. The van der Waals surface area contributed by atoms with Crippen LogP contribution in [0.2, 0.25) is 0 Å². The molecule has 9 heteroatoms. The van der Waals surface area contributed by atoms with E-state index in [2.05, 4.69) is 56.5 Å². The van der Waals surface area contributed by atoms with E-state index in [0.29, 0.717) is 18.7 Å². The molecule has 0 saturated heterocycles. The molecule has 1 aliphatic heterocycles. The van der Waals surface area contributed by atoms with E-state index in [-0.39, 0.29) is 11.6 Å². The van der Waals surface area contributed by atoms with Gasteiger partial charge in [-0.05, 0) is 60.2 Å². The third-order valence-corrected chi connectivity index (χ3v) is 7.57. The summed E-state index contributed by atoms with van der Waals surface area (Å²) < 4.78 is 3.81. The summed E-state index contributed by atoms with van der Waals surface area (Å²) in [4.78, 5) is 25.8. The number of carboxylic acid groups (broad SMARTS) is 1. The maximum absolute atomic E-state index is 13.8. The Morgan fingerprint density at radius 1 is 1.14 bits per heavy atom. The van der Waals surface area contributed by atoms with E-state index in [0.717, 1.165) is 59.3 Å². The second kappa shape index (κ2) is 9.80. The number of nitrogens with one attached hydrogen (secondary N) is 1. The number of hydrogen-bond donors (Lipinski definition) is 2. The van der Waals surface area contributed by atoms with Crippen LogP contribution >= 0.6 is 0 Å². The van der Waals surface area contributed by atoms with Crippen LogP contribution < -0.4 is 5.56 Å². The zero-order valence-electron chi connectivity index (χ0n) is 21.4. The van der Waals surface area contributed by atoms with Gasteiger partial charge in [-0.25, -0.2) is 9.78 Å². The SMILES string of the molecule is CCCc1c(Cc2ccc(-c3ccccc3-c3nnn[nH]3)cc2)c(=O)n2n1CCCC2C(C)(C)C(=O)O. The molecule has 5 rings (SSSR count). The van der Waals surface area contributed by atoms with Gasteiger partial charge in [0.15, 0.2) is 5.82 Å². The van der Waals surface area contributed by atoms with E-state index >= 15 is 0 Å².